The number of ether oxygens (including phenoxy) is 3. The predicted octanol–water partition coefficient (Wildman–Crippen LogP) is 3.29. The highest BCUT2D eigenvalue weighted by molar-refractivity contribution is 7.91. The summed E-state index contributed by atoms with van der Waals surface area (Å²) in [5, 5.41) is 14.7. The molecule has 3 fully saturated rings. The normalized spacial score (nSPS) is 29.5. The third-order valence-electron chi connectivity index (χ3n) is 11.2. The van der Waals surface area contributed by atoms with Gasteiger partial charge in [0.25, 0.3) is 5.91 Å². The molecule has 1 saturated heterocycles. The summed E-state index contributed by atoms with van der Waals surface area (Å²) in [7, 11) is -1.63. The lowest BCUT2D eigenvalue weighted by Crippen LogP contribution is -2.59. The number of nitrogens with one attached hydrogen (secondary N) is 3. The van der Waals surface area contributed by atoms with Crippen LogP contribution in [0.25, 0.3) is 11.0 Å². The van der Waals surface area contributed by atoms with Crippen molar-refractivity contribution >= 4 is 44.9 Å². The Labute approximate surface area is 325 Å². The Morgan fingerprint density at radius 2 is 1.82 bits per heavy atom. The van der Waals surface area contributed by atoms with Crippen molar-refractivity contribution in [2.45, 2.75) is 93.4 Å². The number of fused-ring (bicyclic) bond motifs is 3. The van der Waals surface area contributed by atoms with Crippen LogP contribution in [-0.4, -0.2) is 108 Å². The summed E-state index contributed by atoms with van der Waals surface area (Å²) >= 11 is 0. The van der Waals surface area contributed by atoms with Gasteiger partial charge < -0.3 is 34.9 Å². The van der Waals surface area contributed by atoms with Gasteiger partial charge in [0.1, 0.15) is 23.7 Å². The van der Waals surface area contributed by atoms with Crippen molar-refractivity contribution in [1.82, 2.24) is 30.2 Å². The van der Waals surface area contributed by atoms with Crippen molar-refractivity contribution in [3.8, 4) is 11.6 Å². The van der Waals surface area contributed by atoms with Crippen molar-refractivity contribution in [2.24, 2.45) is 17.8 Å². The first kappa shape index (κ1) is 41.8. The average molecular weight is 829 g/mol. The highest BCUT2D eigenvalue weighted by atomic mass is 32.2. The van der Waals surface area contributed by atoms with E-state index in [1.165, 1.54) is 14.0 Å². The number of carboxylic acid groups (broad SMARTS) is 1. The minimum Gasteiger partial charge on any atom is -0.494 e. The molecule has 4 N–H and O–H groups in total. The lowest BCUT2D eigenvalue weighted by molar-refractivity contribution is -0.143. The highest BCUT2D eigenvalue weighted by Crippen LogP contribution is 2.48. The van der Waals surface area contributed by atoms with Gasteiger partial charge in [-0.1, -0.05) is 19.1 Å². The van der Waals surface area contributed by atoms with Gasteiger partial charge in [-0.05, 0) is 51.4 Å². The minimum absolute atomic E-state index is 0.00818. The highest BCUT2D eigenvalue weighted by Gasteiger charge is 2.63. The van der Waals surface area contributed by atoms with Gasteiger partial charge in [0.2, 0.25) is 33.4 Å². The van der Waals surface area contributed by atoms with Crippen molar-refractivity contribution in [3.05, 3.63) is 35.8 Å². The molecule has 2 aliphatic carbocycles. The molecule has 2 aliphatic heterocycles. The fourth-order valence-electron chi connectivity index (χ4n) is 7.55. The van der Waals surface area contributed by atoms with E-state index < -0.39 is 116 Å². The Morgan fingerprint density at radius 3 is 2.46 bits per heavy atom. The molecular weight excluding hydrogens is 784 g/mol. The maximum absolute atomic E-state index is 14.5. The summed E-state index contributed by atoms with van der Waals surface area (Å²) in [6.07, 6.45) is -3.02. The quantitative estimate of drug-likeness (QED) is 0.212. The topological polar surface area (TPSA) is 215 Å². The number of aromatic nitrogens is 2. The molecular formula is C36H44F4N6O10S. The maximum Gasteiger partial charge on any atom is 0.438 e. The number of sulfonamides is 1. The molecule has 1 aromatic heterocycles. The van der Waals surface area contributed by atoms with Gasteiger partial charge in [-0.3, -0.25) is 19.1 Å². The number of methoxy groups -OCH3 is 2. The van der Waals surface area contributed by atoms with Gasteiger partial charge in [-0.15, -0.1) is 0 Å². The van der Waals surface area contributed by atoms with Gasteiger partial charge in [0.05, 0.1) is 36.0 Å². The standard InChI is InChI=1S/C36H44F4N6O10S/c1-18-7-5-6-8-20-15-35(20,32(49)45-57(52,53)34(2)9-10-34)44-29(47)25-12-21(16-46(25)31(48)27(43-33(50)51)19(11-18)17-54-3)56-30-28(36(38,39)40)41-23-13-22(37)26(55-4)14-24(23)42-30/h6,8,13-14,18-21,25,27,43H,5,7,9-12,15-17H2,1-4H3,(H,44,47)(H,45,49)(H,50,51)/b8-6-/t18-,19+,20-,21-,25+,27+,35-/m1/s1. The van der Waals surface area contributed by atoms with Crippen LogP contribution in [0.3, 0.4) is 0 Å². The number of hydrogen-bond acceptors (Lipinski definition) is 11. The summed E-state index contributed by atoms with van der Waals surface area (Å²) < 4.78 is 101. The third kappa shape index (κ3) is 8.58. The van der Waals surface area contributed by atoms with Crippen LogP contribution in [0.15, 0.2) is 24.3 Å². The van der Waals surface area contributed by atoms with Crippen LogP contribution in [0.1, 0.15) is 64.5 Å². The molecule has 3 heterocycles. The first-order chi connectivity index (χ1) is 26.7. The minimum atomic E-state index is -5.16. The Morgan fingerprint density at radius 1 is 1.12 bits per heavy atom. The maximum atomic E-state index is 14.5. The second-order valence-electron chi connectivity index (χ2n) is 15.5. The fourth-order valence-corrected chi connectivity index (χ4v) is 8.86. The molecule has 6 rings (SSSR count). The first-order valence-corrected chi connectivity index (χ1v) is 19.8. The molecule has 21 heteroatoms. The van der Waals surface area contributed by atoms with E-state index in [0.717, 1.165) is 18.1 Å². The van der Waals surface area contributed by atoms with E-state index >= 15 is 0 Å². The number of halogens is 4. The SMILES string of the molecule is COC[C@@H]1C[C@H](C)CC/C=C\[C@@H]2C[C@@]2(C(=O)NS(=O)(=O)C2(C)CC2)NC(=O)[C@@H]2C[C@@H](Oc3nc4cc(OC)c(F)cc4nc3C(F)(F)F)CN2C(=O)[C@H]1NC(=O)O. The van der Waals surface area contributed by atoms with E-state index in [-0.39, 0.29) is 30.2 Å². The second-order valence-corrected chi connectivity index (χ2v) is 17.7. The Hall–Kier alpha value is -4.79. The van der Waals surface area contributed by atoms with Gasteiger partial charge in [0, 0.05) is 37.5 Å². The van der Waals surface area contributed by atoms with E-state index in [1.54, 1.807) is 12.2 Å². The third-order valence-corrected chi connectivity index (χ3v) is 13.4. The van der Waals surface area contributed by atoms with Gasteiger partial charge in [-0.25, -0.2) is 27.6 Å². The Kier molecular flexibility index (Phi) is 11.4. The number of nitrogens with zero attached hydrogens (tertiary/aromatic N) is 3. The Balaban J connectivity index is 1.39. The second kappa shape index (κ2) is 15.5. The zero-order valence-corrected chi connectivity index (χ0v) is 32.3. The van der Waals surface area contributed by atoms with E-state index in [1.807, 2.05) is 6.92 Å². The molecule has 2 aromatic rings. The van der Waals surface area contributed by atoms with Crippen LogP contribution < -0.4 is 24.8 Å². The van der Waals surface area contributed by atoms with Gasteiger partial charge in [-0.2, -0.15) is 13.2 Å². The molecule has 0 spiro atoms. The van der Waals surface area contributed by atoms with Crippen molar-refractivity contribution < 1.29 is 64.5 Å². The van der Waals surface area contributed by atoms with Crippen molar-refractivity contribution in [1.29, 1.82) is 0 Å². The predicted molar refractivity (Wildman–Crippen MR) is 192 cm³/mol. The summed E-state index contributed by atoms with van der Waals surface area (Å²) in [5.41, 5.74) is -4.06. The van der Waals surface area contributed by atoms with Crippen LogP contribution in [0.4, 0.5) is 22.4 Å². The first-order valence-electron chi connectivity index (χ1n) is 18.4. The number of amides is 4. The monoisotopic (exact) mass is 828 g/mol. The van der Waals surface area contributed by atoms with Crippen LogP contribution >= 0.6 is 0 Å². The van der Waals surface area contributed by atoms with Crippen LogP contribution in [0, 0.1) is 23.6 Å². The fraction of sp³-hybridized carbons (Fsp3) is 0.611. The number of hydrogen-bond donors (Lipinski definition) is 4. The zero-order valence-electron chi connectivity index (χ0n) is 31.5. The summed E-state index contributed by atoms with van der Waals surface area (Å²) in [6, 6.07) is -1.32. The number of carbonyl (C=O) groups excluding carboxylic acids is 3. The zero-order chi connectivity index (χ0) is 41.7. The van der Waals surface area contributed by atoms with E-state index in [0.29, 0.717) is 38.2 Å². The molecule has 0 radical (unpaired) electrons. The Bertz CT molecular complexity index is 2080. The summed E-state index contributed by atoms with van der Waals surface area (Å²) in [5.74, 6) is -6.73. The number of alkyl halides is 3. The van der Waals surface area contributed by atoms with Crippen LogP contribution in [-0.2, 0) is 35.3 Å². The average Bonchev–Trinajstić information content (AvgIpc) is 4.01. The number of allylic oxidation sites excluding steroid dienone is 1. The molecule has 1 aromatic carbocycles. The molecule has 7 atom stereocenters. The van der Waals surface area contributed by atoms with E-state index in [2.05, 4.69) is 25.3 Å². The molecule has 2 saturated carbocycles. The molecule has 4 amide bonds. The lowest BCUT2D eigenvalue weighted by Gasteiger charge is -2.33. The number of rotatable bonds is 9. The summed E-state index contributed by atoms with van der Waals surface area (Å²) in [6.45, 7) is 2.75. The van der Waals surface area contributed by atoms with Crippen LogP contribution in [0.2, 0.25) is 0 Å². The summed E-state index contributed by atoms with van der Waals surface area (Å²) in [4.78, 5) is 63.3. The van der Waals surface area contributed by atoms with Gasteiger partial charge in [0.15, 0.2) is 11.6 Å². The smallest absolute Gasteiger partial charge is 0.438 e. The molecule has 4 aliphatic rings. The van der Waals surface area contributed by atoms with Gasteiger partial charge >= 0.3 is 12.3 Å². The lowest BCUT2D eigenvalue weighted by atomic mass is 9.87. The molecule has 16 nitrogen and oxygen atoms in total. The molecule has 0 unspecified atom stereocenters. The van der Waals surface area contributed by atoms with E-state index in [9.17, 15) is 50.3 Å². The molecule has 312 valence electrons. The van der Waals surface area contributed by atoms with Crippen molar-refractivity contribution in [3.63, 3.8) is 0 Å². The van der Waals surface area contributed by atoms with E-state index in [4.69, 9.17) is 14.2 Å². The largest absolute Gasteiger partial charge is 0.494 e. The number of carbonyl (C=O) groups is 4. The van der Waals surface area contributed by atoms with Crippen LogP contribution in [0.5, 0.6) is 11.6 Å². The number of benzene rings is 1. The van der Waals surface area contributed by atoms with Crippen molar-refractivity contribution in [2.75, 3.05) is 27.4 Å². The molecule has 57 heavy (non-hydrogen) atoms. The molecule has 0 bridgehead atoms.